The van der Waals surface area contributed by atoms with E-state index >= 15 is 0 Å². The van der Waals surface area contributed by atoms with Crippen LogP contribution in [0.1, 0.15) is 19.3 Å². The van der Waals surface area contributed by atoms with E-state index in [2.05, 4.69) is 5.32 Å². The number of sulfone groups is 1. The first-order chi connectivity index (χ1) is 12.7. The van der Waals surface area contributed by atoms with Crippen molar-refractivity contribution in [2.75, 3.05) is 13.1 Å². The SMILES string of the molecule is N#CC1(NC(=O)[C@@H]2C[C@@H](S(=O)(=O)c3ccccc3Cl)CN2CC(F)F)CC1. The van der Waals surface area contributed by atoms with Gasteiger partial charge in [0.1, 0.15) is 5.54 Å². The van der Waals surface area contributed by atoms with Crippen molar-refractivity contribution < 1.29 is 22.0 Å². The average Bonchev–Trinajstić information content (AvgIpc) is 3.24. The Labute approximate surface area is 161 Å². The molecule has 3 rings (SSSR count). The summed E-state index contributed by atoms with van der Waals surface area (Å²) >= 11 is 5.99. The molecule has 1 saturated carbocycles. The highest BCUT2D eigenvalue weighted by atomic mass is 35.5. The Morgan fingerprint density at radius 3 is 2.63 bits per heavy atom. The van der Waals surface area contributed by atoms with E-state index in [0.29, 0.717) is 12.8 Å². The van der Waals surface area contributed by atoms with Gasteiger partial charge in [-0.15, -0.1) is 0 Å². The molecule has 1 aliphatic heterocycles. The van der Waals surface area contributed by atoms with Crippen LogP contribution in [0.2, 0.25) is 5.02 Å². The molecule has 0 spiro atoms. The molecule has 10 heteroatoms. The van der Waals surface area contributed by atoms with Gasteiger partial charge in [0.25, 0.3) is 6.43 Å². The fraction of sp³-hybridized carbons (Fsp3) is 0.529. The maximum absolute atomic E-state index is 13.0. The summed E-state index contributed by atoms with van der Waals surface area (Å²) in [6.45, 7) is -0.915. The van der Waals surface area contributed by atoms with Crippen LogP contribution < -0.4 is 5.32 Å². The van der Waals surface area contributed by atoms with Crippen molar-refractivity contribution in [2.24, 2.45) is 0 Å². The van der Waals surface area contributed by atoms with Gasteiger partial charge >= 0.3 is 0 Å². The van der Waals surface area contributed by atoms with Crippen LogP contribution in [0.3, 0.4) is 0 Å². The molecule has 1 heterocycles. The number of alkyl halides is 2. The van der Waals surface area contributed by atoms with Crippen molar-refractivity contribution >= 4 is 27.3 Å². The lowest BCUT2D eigenvalue weighted by Crippen LogP contribution is -2.48. The summed E-state index contributed by atoms with van der Waals surface area (Å²) in [5.74, 6) is -0.591. The van der Waals surface area contributed by atoms with Gasteiger partial charge in [0.05, 0.1) is 33.8 Å². The highest BCUT2D eigenvalue weighted by Gasteiger charge is 2.49. The third-order valence-electron chi connectivity index (χ3n) is 4.95. The molecule has 0 radical (unpaired) electrons. The number of amides is 1. The van der Waals surface area contributed by atoms with Crippen LogP contribution >= 0.6 is 11.6 Å². The maximum Gasteiger partial charge on any atom is 0.251 e. The van der Waals surface area contributed by atoms with Crippen molar-refractivity contribution in [2.45, 2.75) is 47.4 Å². The zero-order valence-corrected chi connectivity index (χ0v) is 15.8. The minimum atomic E-state index is -3.90. The first-order valence-electron chi connectivity index (χ1n) is 8.42. The quantitative estimate of drug-likeness (QED) is 0.764. The summed E-state index contributed by atoms with van der Waals surface area (Å²) < 4.78 is 51.8. The minimum absolute atomic E-state index is 0.0484. The average molecular weight is 418 g/mol. The van der Waals surface area contributed by atoms with Crippen LogP contribution in [0, 0.1) is 11.3 Å². The van der Waals surface area contributed by atoms with Gasteiger partial charge in [-0.2, -0.15) is 5.26 Å². The van der Waals surface area contributed by atoms with Gasteiger partial charge < -0.3 is 5.32 Å². The van der Waals surface area contributed by atoms with Crippen LogP contribution in [-0.2, 0) is 14.6 Å². The molecule has 1 amide bonds. The van der Waals surface area contributed by atoms with Crippen LogP contribution in [0.25, 0.3) is 0 Å². The molecular weight excluding hydrogens is 400 g/mol. The predicted molar refractivity (Wildman–Crippen MR) is 94.1 cm³/mol. The molecule has 1 aromatic rings. The molecule has 2 fully saturated rings. The van der Waals surface area contributed by atoms with Crippen LogP contribution in [0.5, 0.6) is 0 Å². The van der Waals surface area contributed by atoms with Crippen molar-refractivity contribution in [3.8, 4) is 6.07 Å². The van der Waals surface area contributed by atoms with Crippen molar-refractivity contribution in [1.82, 2.24) is 10.2 Å². The summed E-state index contributed by atoms with van der Waals surface area (Å²) in [5, 5.41) is 10.7. The van der Waals surface area contributed by atoms with Crippen LogP contribution in [0.4, 0.5) is 8.78 Å². The summed E-state index contributed by atoms with van der Waals surface area (Å²) in [4.78, 5) is 13.7. The van der Waals surface area contributed by atoms with Gasteiger partial charge in [-0.1, -0.05) is 23.7 Å². The summed E-state index contributed by atoms with van der Waals surface area (Å²) in [6, 6.07) is 6.88. The molecule has 2 aliphatic rings. The number of nitrogens with zero attached hydrogens (tertiary/aromatic N) is 2. The Kier molecular flexibility index (Phi) is 5.43. The van der Waals surface area contributed by atoms with Crippen molar-refractivity contribution in [1.29, 1.82) is 5.26 Å². The number of rotatable bonds is 6. The number of nitrogens with one attached hydrogen (secondary N) is 1. The first-order valence-corrected chi connectivity index (χ1v) is 10.3. The monoisotopic (exact) mass is 417 g/mol. The molecule has 6 nitrogen and oxygen atoms in total. The molecule has 146 valence electrons. The molecule has 0 unspecified atom stereocenters. The van der Waals surface area contributed by atoms with E-state index in [1.165, 1.54) is 23.1 Å². The number of halogens is 3. The van der Waals surface area contributed by atoms with E-state index in [4.69, 9.17) is 16.9 Å². The zero-order chi connectivity index (χ0) is 19.8. The van der Waals surface area contributed by atoms with Gasteiger partial charge in [-0.05, 0) is 31.4 Å². The third-order valence-corrected chi connectivity index (χ3v) is 7.58. The molecule has 2 atom stereocenters. The number of hydrogen-bond acceptors (Lipinski definition) is 5. The molecule has 0 bridgehead atoms. The fourth-order valence-electron chi connectivity index (χ4n) is 3.30. The molecule has 27 heavy (non-hydrogen) atoms. The Bertz CT molecular complexity index is 884. The second kappa shape index (κ2) is 7.34. The molecular formula is C17H18ClF2N3O3S. The second-order valence-electron chi connectivity index (χ2n) is 6.88. The number of carbonyl (C=O) groups is 1. The lowest BCUT2D eigenvalue weighted by Gasteiger charge is -2.24. The van der Waals surface area contributed by atoms with Gasteiger partial charge in [0, 0.05) is 6.54 Å². The number of nitriles is 1. The Hall–Kier alpha value is -1.76. The molecule has 1 aromatic carbocycles. The van der Waals surface area contributed by atoms with E-state index in [-0.39, 0.29) is 22.9 Å². The summed E-state index contributed by atoms with van der Waals surface area (Å²) in [5.41, 5.74) is -0.951. The highest BCUT2D eigenvalue weighted by molar-refractivity contribution is 7.92. The van der Waals surface area contributed by atoms with Gasteiger partial charge in [-0.3, -0.25) is 9.69 Å². The van der Waals surface area contributed by atoms with Crippen molar-refractivity contribution in [3.05, 3.63) is 29.3 Å². The van der Waals surface area contributed by atoms with Crippen LogP contribution in [-0.4, -0.2) is 55.6 Å². The Morgan fingerprint density at radius 2 is 2.07 bits per heavy atom. The number of hydrogen-bond donors (Lipinski definition) is 1. The van der Waals surface area contributed by atoms with Gasteiger partial charge in [0.15, 0.2) is 9.84 Å². The topological polar surface area (TPSA) is 90.3 Å². The van der Waals surface area contributed by atoms with E-state index in [9.17, 15) is 22.0 Å². The lowest BCUT2D eigenvalue weighted by atomic mass is 10.2. The Balaban J connectivity index is 1.84. The maximum atomic E-state index is 13.0. The van der Waals surface area contributed by atoms with Gasteiger partial charge in [0.2, 0.25) is 5.91 Å². The summed E-state index contributed by atoms with van der Waals surface area (Å²) in [7, 11) is -3.90. The number of carbonyl (C=O) groups excluding carboxylic acids is 1. The Morgan fingerprint density at radius 1 is 1.41 bits per heavy atom. The van der Waals surface area contributed by atoms with E-state index < -0.39 is 45.5 Å². The number of benzene rings is 1. The smallest absolute Gasteiger partial charge is 0.251 e. The lowest BCUT2D eigenvalue weighted by molar-refractivity contribution is -0.126. The molecule has 1 saturated heterocycles. The third kappa shape index (κ3) is 4.08. The standard InChI is InChI=1S/C17H18ClF2N3O3S/c18-12-3-1-2-4-14(12)27(25,26)11-7-13(23(8-11)9-15(19)20)16(24)22-17(10-21)5-6-17/h1-4,11,13,15H,5-9H2,(H,22,24)/t11-,13+/m1/s1. The molecule has 1 aliphatic carbocycles. The van der Waals surface area contributed by atoms with Crippen molar-refractivity contribution in [3.63, 3.8) is 0 Å². The second-order valence-corrected chi connectivity index (χ2v) is 9.48. The minimum Gasteiger partial charge on any atom is -0.336 e. The summed E-state index contributed by atoms with van der Waals surface area (Å²) in [6.07, 6.45) is -1.85. The van der Waals surface area contributed by atoms with E-state index in [0.717, 1.165) is 0 Å². The zero-order valence-electron chi connectivity index (χ0n) is 14.2. The normalized spacial score (nSPS) is 24.6. The number of likely N-dealkylation sites (tertiary alicyclic amines) is 1. The largest absolute Gasteiger partial charge is 0.336 e. The van der Waals surface area contributed by atoms with E-state index in [1.54, 1.807) is 6.07 Å². The molecule has 0 aromatic heterocycles. The molecule has 1 N–H and O–H groups in total. The fourth-order valence-corrected chi connectivity index (χ4v) is 5.55. The van der Waals surface area contributed by atoms with E-state index in [1.807, 2.05) is 6.07 Å². The van der Waals surface area contributed by atoms with Crippen LogP contribution in [0.15, 0.2) is 29.2 Å². The predicted octanol–water partition coefficient (Wildman–Crippen LogP) is 1.99. The first kappa shape index (κ1) is 20.0. The highest BCUT2D eigenvalue weighted by Crippen LogP contribution is 2.36. The van der Waals surface area contributed by atoms with Gasteiger partial charge in [-0.25, -0.2) is 17.2 Å².